The minimum Gasteiger partial charge on any atom is -0.481 e. The standard InChI is InChI=1S/C13H22N2O3/c1-4-14-13(2,3)12(18)15-8-5-6-10(15)9(7-8)11(16)17/h8-10,14H,4-7H2,1-3H3,(H,16,17). The molecule has 0 aromatic carbocycles. The number of fused-ring (bicyclic) bond motifs is 2. The third-order valence-electron chi connectivity index (χ3n) is 4.24. The molecule has 5 nitrogen and oxygen atoms in total. The summed E-state index contributed by atoms with van der Waals surface area (Å²) in [5, 5.41) is 12.4. The van der Waals surface area contributed by atoms with Gasteiger partial charge >= 0.3 is 5.97 Å². The summed E-state index contributed by atoms with van der Waals surface area (Å²) in [6.07, 6.45) is 2.39. The quantitative estimate of drug-likeness (QED) is 0.780. The first-order valence-electron chi connectivity index (χ1n) is 6.69. The zero-order chi connectivity index (χ0) is 13.5. The van der Waals surface area contributed by atoms with Crippen LogP contribution in [0.25, 0.3) is 0 Å². The summed E-state index contributed by atoms with van der Waals surface area (Å²) in [6, 6.07) is 0.0273. The van der Waals surface area contributed by atoms with Crippen molar-refractivity contribution in [2.24, 2.45) is 5.92 Å². The van der Waals surface area contributed by atoms with Crippen LogP contribution in [0.2, 0.25) is 0 Å². The van der Waals surface area contributed by atoms with Crippen LogP contribution in [-0.4, -0.2) is 46.1 Å². The Hall–Kier alpha value is -1.10. The van der Waals surface area contributed by atoms with Gasteiger partial charge in [-0.1, -0.05) is 6.92 Å². The number of nitrogens with zero attached hydrogens (tertiary/aromatic N) is 1. The first-order valence-corrected chi connectivity index (χ1v) is 6.69. The summed E-state index contributed by atoms with van der Waals surface area (Å²) < 4.78 is 0. The maximum atomic E-state index is 12.6. The molecule has 2 fully saturated rings. The molecule has 1 amide bonds. The molecule has 18 heavy (non-hydrogen) atoms. The first kappa shape index (κ1) is 13.3. The van der Waals surface area contributed by atoms with Crippen LogP contribution in [0.5, 0.6) is 0 Å². The van der Waals surface area contributed by atoms with Gasteiger partial charge in [0.05, 0.1) is 11.5 Å². The number of amides is 1. The summed E-state index contributed by atoms with van der Waals surface area (Å²) >= 11 is 0. The van der Waals surface area contributed by atoms with E-state index in [4.69, 9.17) is 0 Å². The minimum absolute atomic E-state index is 0.0422. The SMILES string of the molecule is CCNC(C)(C)C(=O)N1C2CCC1C(C(=O)O)C2. The van der Waals surface area contributed by atoms with Crippen LogP contribution in [0, 0.1) is 5.92 Å². The monoisotopic (exact) mass is 254 g/mol. The Morgan fingerprint density at radius 1 is 1.39 bits per heavy atom. The molecule has 3 unspecified atom stereocenters. The van der Waals surface area contributed by atoms with E-state index in [1.807, 2.05) is 25.7 Å². The number of likely N-dealkylation sites (N-methyl/N-ethyl adjacent to an activating group) is 1. The smallest absolute Gasteiger partial charge is 0.308 e. The summed E-state index contributed by atoms with van der Waals surface area (Å²) in [7, 11) is 0. The molecule has 5 heteroatoms. The molecule has 0 aliphatic carbocycles. The van der Waals surface area contributed by atoms with Gasteiger partial charge in [-0.15, -0.1) is 0 Å². The third kappa shape index (κ3) is 2.00. The molecular formula is C13H22N2O3. The van der Waals surface area contributed by atoms with E-state index in [0.29, 0.717) is 6.42 Å². The highest BCUT2D eigenvalue weighted by molar-refractivity contribution is 5.87. The normalized spacial score (nSPS) is 30.8. The van der Waals surface area contributed by atoms with Crippen molar-refractivity contribution in [3.63, 3.8) is 0 Å². The Kier molecular flexibility index (Phi) is 3.36. The van der Waals surface area contributed by atoms with E-state index in [0.717, 1.165) is 19.4 Å². The molecule has 2 aliphatic rings. The summed E-state index contributed by atoms with van der Waals surface area (Å²) in [6.45, 7) is 6.43. The molecule has 0 aromatic heterocycles. The summed E-state index contributed by atoms with van der Waals surface area (Å²) in [5.41, 5.74) is -0.608. The van der Waals surface area contributed by atoms with Crippen LogP contribution in [0.1, 0.15) is 40.0 Å². The van der Waals surface area contributed by atoms with Crippen molar-refractivity contribution >= 4 is 11.9 Å². The molecule has 2 saturated heterocycles. The van der Waals surface area contributed by atoms with Crippen LogP contribution < -0.4 is 5.32 Å². The largest absolute Gasteiger partial charge is 0.481 e. The zero-order valence-corrected chi connectivity index (χ0v) is 11.3. The number of nitrogens with one attached hydrogen (secondary N) is 1. The predicted molar refractivity (Wildman–Crippen MR) is 67.2 cm³/mol. The molecule has 0 spiro atoms. The highest BCUT2D eigenvalue weighted by Gasteiger charge is 2.53. The van der Waals surface area contributed by atoms with Gasteiger partial charge in [0.2, 0.25) is 5.91 Å². The Morgan fingerprint density at radius 2 is 2.06 bits per heavy atom. The first-order chi connectivity index (χ1) is 8.38. The third-order valence-corrected chi connectivity index (χ3v) is 4.24. The molecule has 2 heterocycles. The number of carboxylic acid groups (broad SMARTS) is 1. The average Bonchev–Trinajstić information content (AvgIpc) is 2.84. The van der Waals surface area contributed by atoms with Gasteiger partial charge in [-0.3, -0.25) is 9.59 Å². The van der Waals surface area contributed by atoms with Gasteiger partial charge in [0.15, 0.2) is 0 Å². The lowest BCUT2D eigenvalue weighted by molar-refractivity contribution is -0.144. The van der Waals surface area contributed by atoms with E-state index in [1.165, 1.54) is 0 Å². The van der Waals surface area contributed by atoms with E-state index < -0.39 is 11.5 Å². The van der Waals surface area contributed by atoms with Crippen LogP contribution in [0.3, 0.4) is 0 Å². The van der Waals surface area contributed by atoms with Crippen molar-refractivity contribution < 1.29 is 14.7 Å². The van der Waals surface area contributed by atoms with E-state index in [2.05, 4.69) is 5.32 Å². The van der Waals surface area contributed by atoms with Crippen molar-refractivity contribution in [3.05, 3.63) is 0 Å². The number of carboxylic acids is 1. The van der Waals surface area contributed by atoms with E-state index in [9.17, 15) is 14.7 Å². The molecule has 0 radical (unpaired) electrons. The molecule has 0 saturated carbocycles. The Bertz CT molecular complexity index is 367. The maximum Gasteiger partial charge on any atom is 0.308 e. The maximum absolute atomic E-state index is 12.6. The fraction of sp³-hybridized carbons (Fsp3) is 0.846. The number of carbonyl (C=O) groups is 2. The van der Waals surface area contributed by atoms with Crippen molar-refractivity contribution in [1.29, 1.82) is 0 Å². The van der Waals surface area contributed by atoms with E-state index in [-0.39, 0.29) is 23.9 Å². The summed E-state index contributed by atoms with van der Waals surface area (Å²) in [5.74, 6) is -1.09. The molecule has 102 valence electrons. The molecular weight excluding hydrogens is 232 g/mol. The second kappa shape index (κ2) is 4.53. The van der Waals surface area contributed by atoms with Crippen molar-refractivity contribution in [1.82, 2.24) is 10.2 Å². The molecule has 3 atom stereocenters. The molecule has 2 rings (SSSR count). The highest BCUT2D eigenvalue weighted by Crippen LogP contribution is 2.42. The number of hydrogen-bond acceptors (Lipinski definition) is 3. The minimum atomic E-state index is -0.763. The van der Waals surface area contributed by atoms with Gasteiger partial charge in [0, 0.05) is 12.1 Å². The van der Waals surface area contributed by atoms with Crippen LogP contribution in [0.15, 0.2) is 0 Å². The molecule has 2 aliphatic heterocycles. The van der Waals surface area contributed by atoms with Crippen LogP contribution in [0.4, 0.5) is 0 Å². The Balaban J connectivity index is 2.15. The topological polar surface area (TPSA) is 69.6 Å². The lowest BCUT2D eigenvalue weighted by atomic mass is 9.89. The number of rotatable bonds is 4. The molecule has 0 aromatic rings. The molecule has 2 N–H and O–H groups in total. The second-order valence-corrected chi connectivity index (χ2v) is 5.85. The average molecular weight is 254 g/mol. The second-order valence-electron chi connectivity index (χ2n) is 5.85. The molecule has 2 bridgehead atoms. The highest BCUT2D eigenvalue weighted by atomic mass is 16.4. The number of aliphatic carboxylic acids is 1. The van der Waals surface area contributed by atoms with Crippen LogP contribution >= 0.6 is 0 Å². The number of carbonyl (C=O) groups excluding carboxylic acids is 1. The van der Waals surface area contributed by atoms with E-state index in [1.54, 1.807) is 0 Å². The predicted octanol–water partition coefficient (Wildman–Crippen LogP) is 0.839. The fourth-order valence-electron chi connectivity index (χ4n) is 3.41. The van der Waals surface area contributed by atoms with Crippen molar-refractivity contribution in [2.75, 3.05) is 6.54 Å². The fourth-order valence-corrected chi connectivity index (χ4v) is 3.41. The van der Waals surface area contributed by atoms with E-state index >= 15 is 0 Å². The van der Waals surface area contributed by atoms with Gasteiger partial charge < -0.3 is 15.3 Å². The summed E-state index contributed by atoms with van der Waals surface area (Å²) in [4.78, 5) is 25.6. The van der Waals surface area contributed by atoms with Gasteiger partial charge in [0.25, 0.3) is 0 Å². The zero-order valence-electron chi connectivity index (χ0n) is 11.3. The van der Waals surface area contributed by atoms with Gasteiger partial charge in [-0.05, 0) is 39.7 Å². The number of hydrogen-bond donors (Lipinski definition) is 2. The van der Waals surface area contributed by atoms with Gasteiger partial charge in [-0.2, -0.15) is 0 Å². The van der Waals surface area contributed by atoms with Crippen molar-refractivity contribution in [2.45, 2.75) is 57.7 Å². The lowest BCUT2D eigenvalue weighted by Gasteiger charge is -2.33. The van der Waals surface area contributed by atoms with Crippen molar-refractivity contribution in [3.8, 4) is 0 Å². The van der Waals surface area contributed by atoms with Crippen LogP contribution in [-0.2, 0) is 9.59 Å². The van der Waals surface area contributed by atoms with Gasteiger partial charge in [-0.25, -0.2) is 0 Å². The van der Waals surface area contributed by atoms with Gasteiger partial charge in [0.1, 0.15) is 0 Å². The Morgan fingerprint density at radius 3 is 2.56 bits per heavy atom. The lowest BCUT2D eigenvalue weighted by Crippen LogP contribution is -2.55. The Labute approximate surface area is 108 Å².